The molecule has 1 aliphatic rings. The maximum atomic E-state index is 11.4. The summed E-state index contributed by atoms with van der Waals surface area (Å²) in [6.45, 7) is 2.98. The van der Waals surface area contributed by atoms with E-state index in [0.29, 0.717) is 11.7 Å². The Hall–Kier alpha value is -0.350. The molecule has 0 N–H and O–H groups in total. The fraction of sp³-hybridized carbons (Fsp3) is 0.800. The molecule has 0 aromatic rings. The first-order valence-electron chi connectivity index (χ1n) is 4.95. The van der Waals surface area contributed by atoms with Crippen LogP contribution in [0.5, 0.6) is 0 Å². The van der Waals surface area contributed by atoms with Crippen molar-refractivity contribution >= 4 is 9.84 Å². The largest absolute Gasteiger partial charge is 0.305 e. The predicted octanol–water partition coefficient (Wildman–Crippen LogP) is 0.929. The van der Waals surface area contributed by atoms with Gasteiger partial charge >= 0.3 is 0 Å². The highest BCUT2D eigenvalue weighted by Gasteiger charge is 2.19. The Bertz CT molecular complexity index is 317. The summed E-state index contributed by atoms with van der Waals surface area (Å²) < 4.78 is 22.8. The molecule has 0 aliphatic carbocycles. The van der Waals surface area contributed by atoms with Crippen LogP contribution < -0.4 is 0 Å². The Morgan fingerprint density at radius 2 is 2.14 bits per heavy atom. The monoisotopic (exact) mass is 217 g/mol. The maximum Gasteiger partial charge on any atom is 0.153 e. The van der Waals surface area contributed by atoms with Gasteiger partial charge in [0.2, 0.25) is 0 Å². The Morgan fingerprint density at radius 1 is 1.50 bits per heavy atom. The molecule has 1 aliphatic heterocycles. The van der Waals surface area contributed by atoms with E-state index in [1.54, 1.807) is 0 Å². The van der Waals surface area contributed by atoms with Crippen molar-refractivity contribution in [3.8, 4) is 0 Å². The summed E-state index contributed by atoms with van der Waals surface area (Å²) in [6.07, 6.45) is 2.66. The molecule has 0 aromatic heterocycles. The third-order valence-electron chi connectivity index (χ3n) is 2.59. The van der Waals surface area contributed by atoms with Crippen molar-refractivity contribution in [1.29, 1.82) is 0 Å². The molecule has 0 spiro atoms. The van der Waals surface area contributed by atoms with Gasteiger partial charge in [0, 0.05) is 6.54 Å². The van der Waals surface area contributed by atoms with Gasteiger partial charge in [0.25, 0.3) is 0 Å². The first-order chi connectivity index (χ1) is 6.41. The lowest BCUT2D eigenvalue weighted by Gasteiger charge is -2.17. The molecule has 4 heteroatoms. The Kier molecular flexibility index (Phi) is 3.72. The molecular weight excluding hydrogens is 198 g/mol. The van der Waals surface area contributed by atoms with Crippen molar-refractivity contribution in [3.05, 3.63) is 11.6 Å². The van der Waals surface area contributed by atoms with Crippen molar-refractivity contribution < 1.29 is 8.42 Å². The van der Waals surface area contributed by atoms with Crippen LogP contribution in [0.25, 0.3) is 0 Å². The molecule has 1 rings (SSSR count). The van der Waals surface area contributed by atoms with Crippen molar-refractivity contribution in [2.75, 3.05) is 32.1 Å². The van der Waals surface area contributed by atoms with Crippen LogP contribution in [-0.2, 0) is 9.84 Å². The zero-order valence-corrected chi connectivity index (χ0v) is 9.97. The molecule has 1 unspecified atom stereocenters. The van der Waals surface area contributed by atoms with Gasteiger partial charge in [-0.15, -0.1) is 0 Å². The van der Waals surface area contributed by atoms with Gasteiger partial charge in [-0.05, 0) is 26.4 Å². The van der Waals surface area contributed by atoms with E-state index in [-0.39, 0.29) is 5.75 Å². The van der Waals surface area contributed by atoms with E-state index in [2.05, 4.69) is 11.8 Å². The van der Waals surface area contributed by atoms with E-state index in [1.165, 1.54) is 5.57 Å². The molecule has 0 aromatic carbocycles. The van der Waals surface area contributed by atoms with Crippen LogP contribution in [0.15, 0.2) is 11.6 Å². The minimum Gasteiger partial charge on any atom is -0.305 e. The van der Waals surface area contributed by atoms with Gasteiger partial charge in [-0.1, -0.05) is 18.6 Å². The Balaban J connectivity index is 2.77. The van der Waals surface area contributed by atoms with Crippen LogP contribution in [0.4, 0.5) is 0 Å². The van der Waals surface area contributed by atoms with E-state index in [9.17, 15) is 8.42 Å². The summed E-state index contributed by atoms with van der Waals surface area (Å²) in [4.78, 5) is 2.08. The lowest BCUT2D eigenvalue weighted by molar-refractivity contribution is 0.421. The molecule has 0 bridgehead atoms. The summed E-state index contributed by atoms with van der Waals surface area (Å²) in [5.74, 6) is 0.955. The third kappa shape index (κ3) is 3.42. The molecular formula is C10H19NO2S. The fourth-order valence-electron chi connectivity index (χ4n) is 1.65. The van der Waals surface area contributed by atoms with Gasteiger partial charge < -0.3 is 4.90 Å². The molecule has 1 atom stereocenters. The summed E-state index contributed by atoms with van der Waals surface area (Å²) in [7, 11) is 1.20. The van der Waals surface area contributed by atoms with Crippen molar-refractivity contribution in [2.24, 2.45) is 5.92 Å². The number of rotatable bonds is 2. The van der Waals surface area contributed by atoms with Crippen LogP contribution >= 0.6 is 0 Å². The summed E-state index contributed by atoms with van der Waals surface area (Å²) >= 11 is 0. The van der Waals surface area contributed by atoms with Gasteiger partial charge in [0.05, 0.1) is 11.5 Å². The van der Waals surface area contributed by atoms with Gasteiger partial charge in [0.1, 0.15) is 0 Å². The average molecular weight is 217 g/mol. The molecule has 0 fully saturated rings. The van der Waals surface area contributed by atoms with Crippen LogP contribution in [0.2, 0.25) is 0 Å². The van der Waals surface area contributed by atoms with Crippen LogP contribution in [0, 0.1) is 5.92 Å². The van der Waals surface area contributed by atoms with Gasteiger partial charge in [-0.3, -0.25) is 0 Å². The molecule has 3 nitrogen and oxygen atoms in total. The summed E-state index contributed by atoms with van der Waals surface area (Å²) in [5, 5.41) is 0. The van der Waals surface area contributed by atoms with E-state index >= 15 is 0 Å². The second kappa shape index (κ2) is 4.45. The van der Waals surface area contributed by atoms with Gasteiger partial charge in [-0.25, -0.2) is 8.42 Å². The van der Waals surface area contributed by atoms with Crippen LogP contribution in [0.3, 0.4) is 0 Å². The smallest absolute Gasteiger partial charge is 0.153 e. The average Bonchev–Trinajstić information content (AvgIpc) is 2.17. The molecule has 1 heterocycles. The third-order valence-corrected chi connectivity index (χ3v) is 4.13. The Labute approximate surface area is 86.7 Å². The quantitative estimate of drug-likeness (QED) is 0.646. The normalized spacial score (nSPS) is 27.1. The zero-order chi connectivity index (χ0) is 10.8. The molecule has 14 heavy (non-hydrogen) atoms. The number of hydrogen-bond acceptors (Lipinski definition) is 3. The summed E-state index contributed by atoms with van der Waals surface area (Å²) in [6, 6.07) is 0. The van der Waals surface area contributed by atoms with Crippen LogP contribution in [0.1, 0.15) is 13.3 Å². The predicted molar refractivity (Wildman–Crippen MR) is 59.1 cm³/mol. The van der Waals surface area contributed by atoms with E-state index in [1.807, 2.05) is 20.2 Å². The van der Waals surface area contributed by atoms with Gasteiger partial charge in [0.15, 0.2) is 9.84 Å². The fourth-order valence-corrected chi connectivity index (χ4v) is 2.99. The molecule has 82 valence electrons. The number of sulfone groups is 1. The second-order valence-corrected chi connectivity index (χ2v) is 6.55. The van der Waals surface area contributed by atoms with Crippen LogP contribution in [-0.4, -0.2) is 45.5 Å². The number of hydrogen-bond donors (Lipinski definition) is 0. The highest BCUT2D eigenvalue weighted by atomic mass is 32.2. The van der Waals surface area contributed by atoms with Crippen molar-refractivity contribution in [2.45, 2.75) is 13.3 Å². The minimum absolute atomic E-state index is 0.223. The lowest BCUT2D eigenvalue weighted by atomic mass is 9.98. The highest BCUT2D eigenvalue weighted by molar-refractivity contribution is 7.91. The van der Waals surface area contributed by atoms with E-state index in [4.69, 9.17) is 0 Å². The van der Waals surface area contributed by atoms with Crippen molar-refractivity contribution in [3.63, 3.8) is 0 Å². The molecule has 0 amide bonds. The second-order valence-electron chi connectivity index (χ2n) is 4.32. The Morgan fingerprint density at radius 3 is 2.71 bits per heavy atom. The minimum atomic E-state index is -2.82. The zero-order valence-electron chi connectivity index (χ0n) is 9.16. The SMILES string of the molecule is CC1CCS(=O)(=O)CC=C1CN(C)C. The topological polar surface area (TPSA) is 37.4 Å². The molecule has 0 saturated carbocycles. The first kappa shape index (κ1) is 11.7. The highest BCUT2D eigenvalue weighted by Crippen LogP contribution is 2.20. The van der Waals surface area contributed by atoms with E-state index < -0.39 is 9.84 Å². The first-order valence-corrected chi connectivity index (χ1v) is 6.77. The van der Waals surface area contributed by atoms with Crippen molar-refractivity contribution in [1.82, 2.24) is 4.90 Å². The number of nitrogens with zero attached hydrogens (tertiary/aromatic N) is 1. The van der Waals surface area contributed by atoms with Gasteiger partial charge in [-0.2, -0.15) is 0 Å². The summed E-state index contributed by atoms with van der Waals surface area (Å²) in [5.41, 5.74) is 1.26. The standard InChI is InChI=1S/C10H19NO2S/c1-9-4-6-14(12,13)7-5-10(9)8-11(2)3/h5,9H,4,6-8H2,1-3H3. The maximum absolute atomic E-state index is 11.4. The van der Waals surface area contributed by atoms with E-state index in [0.717, 1.165) is 13.0 Å². The lowest BCUT2D eigenvalue weighted by Crippen LogP contribution is -2.18. The molecule has 0 saturated heterocycles. The number of likely N-dealkylation sites (N-methyl/N-ethyl adjacent to an activating group) is 1. The molecule has 0 radical (unpaired) electrons.